The number of hydrogen-bond donors (Lipinski definition) is 2. The fraction of sp³-hybridized carbons (Fsp3) is 0.600. The van der Waals surface area contributed by atoms with Crippen LogP contribution in [0.2, 0.25) is 0 Å². The molecule has 0 aromatic carbocycles. The summed E-state index contributed by atoms with van der Waals surface area (Å²) in [7, 11) is 0. The molecule has 74 valence electrons. The molecule has 2 N–H and O–H groups in total. The van der Waals surface area contributed by atoms with Crippen molar-refractivity contribution in [1.82, 2.24) is 5.32 Å². The van der Waals surface area contributed by atoms with E-state index in [2.05, 4.69) is 36.0 Å². The van der Waals surface area contributed by atoms with E-state index in [4.69, 9.17) is 5.11 Å². The highest BCUT2D eigenvalue weighted by Gasteiger charge is 2.10. The number of nitrogens with one attached hydrogen (secondary N) is 1. The predicted molar refractivity (Wildman–Crippen MR) is 57.0 cm³/mol. The molecule has 1 unspecified atom stereocenters. The monoisotopic (exact) mass is 199 g/mol. The molecule has 2 nitrogen and oxygen atoms in total. The van der Waals surface area contributed by atoms with Crippen LogP contribution in [0.3, 0.4) is 0 Å². The summed E-state index contributed by atoms with van der Waals surface area (Å²) in [6, 6.07) is 2.67. The SMILES string of the molecule is CC[C@H](CO)NC(C)c1ccsc1. The largest absolute Gasteiger partial charge is 0.395 e. The molecule has 0 amide bonds. The lowest BCUT2D eigenvalue weighted by Crippen LogP contribution is -2.33. The summed E-state index contributed by atoms with van der Waals surface area (Å²) in [5.41, 5.74) is 1.30. The first-order valence-corrected chi connectivity index (χ1v) is 5.61. The van der Waals surface area contributed by atoms with Crippen LogP contribution in [0.15, 0.2) is 16.8 Å². The first kappa shape index (κ1) is 10.7. The zero-order valence-electron chi connectivity index (χ0n) is 8.16. The van der Waals surface area contributed by atoms with E-state index in [0.717, 1.165) is 6.42 Å². The van der Waals surface area contributed by atoms with E-state index < -0.39 is 0 Å². The molecule has 0 bridgehead atoms. The highest BCUT2D eigenvalue weighted by molar-refractivity contribution is 7.07. The van der Waals surface area contributed by atoms with Crippen LogP contribution in [0.4, 0.5) is 0 Å². The number of rotatable bonds is 5. The molecule has 1 aromatic rings. The van der Waals surface area contributed by atoms with Crippen LogP contribution < -0.4 is 5.32 Å². The fourth-order valence-electron chi connectivity index (χ4n) is 1.27. The Balaban J connectivity index is 2.45. The molecule has 0 saturated carbocycles. The summed E-state index contributed by atoms with van der Waals surface area (Å²) in [6.07, 6.45) is 0.963. The van der Waals surface area contributed by atoms with Crippen LogP contribution in [0.5, 0.6) is 0 Å². The van der Waals surface area contributed by atoms with Gasteiger partial charge in [-0.1, -0.05) is 6.92 Å². The lowest BCUT2D eigenvalue weighted by molar-refractivity contribution is 0.230. The molecule has 2 atom stereocenters. The Kier molecular flexibility index (Phi) is 4.42. The minimum absolute atomic E-state index is 0.213. The van der Waals surface area contributed by atoms with Gasteiger partial charge in [-0.2, -0.15) is 11.3 Å². The van der Waals surface area contributed by atoms with E-state index in [1.54, 1.807) is 11.3 Å². The van der Waals surface area contributed by atoms with Gasteiger partial charge in [0.15, 0.2) is 0 Å². The normalized spacial score (nSPS) is 15.6. The van der Waals surface area contributed by atoms with E-state index in [9.17, 15) is 0 Å². The summed E-state index contributed by atoms with van der Waals surface area (Å²) in [5.74, 6) is 0. The highest BCUT2D eigenvalue weighted by atomic mass is 32.1. The molecule has 3 heteroatoms. The van der Waals surface area contributed by atoms with Crippen LogP contribution in [0.25, 0.3) is 0 Å². The molecular formula is C10H17NOS. The molecule has 1 aromatic heterocycles. The van der Waals surface area contributed by atoms with E-state index in [1.807, 2.05) is 0 Å². The topological polar surface area (TPSA) is 32.3 Å². The summed E-state index contributed by atoms with van der Waals surface area (Å²) in [5, 5.41) is 16.6. The van der Waals surface area contributed by atoms with Crippen molar-refractivity contribution >= 4 is 11.3 Å². The van der Waals surface area contributed by atoms with Gasteiger partial charge < -0.3 is 10.4 Å². The zero-order valence-corrected chi connectivity index (χ0v) is 8.97. The van der Waals surface area contributed by atoms with Gasteiger partial charge in [-0.15, -0.1) is 0 Å². The average molecular weight is 199 g/mol. The summed E-state index contributed by atoms with van der Waals surface area (Å²) in [6.45, 7) is 4.42. The van der Waals surface area contributed by atoms with Crippen molar-refractivity contribution in [2.75, 3.05) is 6.61 Å². The summed E-state index contributed by atoms with van der Waals surface area (Å²) in [4.78, 5) is 0. The minimum atomic E-state index is 0.213. The molecule has 0 fully saturated rings. The van der Waals surface area contributed by atoms with Gasteiger partial charge in [-0.3, -0.25) is 0 Å². The molecule has 1 rings (SSSR count). The average Bonchev–Trinajstić information content (AvgIpc) is 2.66. The van der Waals surface area contributed by atoms with Gasteiger partial charge in [0, 0.05) is 12.1 Å². The molecule has 0 spiro atoms. The first-order chi connectivity index (χ1) is 6.27. The first-order valence-electron chi connectivity index (χ1n) is 4.67. The third kappa shape index (κ3) is 3.10. The van der Waals surface area contributed by atoms with E-state index >= 15 is 0 Å². The van der Waals surface area contributed by atoms with Gasteiger partial charge in [0.05, 0.1) is 6.61 Å². The lowest BCUT2D eigenvalue weighted by Gasteiger charge is -2.19. The van der Waals surface area contributed by atoms with Crippen molar-refractivity contribution in [3.8, 4) is 0 Å². The zero-order chi connectivity index (χ0) is 9.68. The van der Waals surface area contributed by atoms with Gasteiger partial charge >= 0.3 is 0 Å². The van der Waals surface area contributed by atoms with Crippen LogP contribution in [-0.4, -0.2) is 17.8 Å². The maximum Gasteiger partial charge on any atom is 0.0584 e. The third-order valence-corrected chi connectivity index (χ3v) is 2.94. The molecule has 0 aliphatic carbocycles. The second-order valence-electron chi connectivity index (χ2n) is 3.23. The van der Waals surface area contributed by atoms with Crippen molar-refractivity contribution in [1.29, 1.82) is 0 Å². The number of aliphatic hydroxyl groups is 1. The summed E-state index contributed by atoms with van der Waals surface area (Å²) >= 11 is 1.71. The number of hydrogen-bond acceptors (Lipinski definition) is 3. The Morgan fingerprint density at radius 3 is 2.85 bits per heavy atom. The Bertz CT molecular complexity index is 219. The lowest BCUT2D eigenvalue weighted by atomic mass is 10.1. The van der Waals surface area contributed by atoms with E-state index in [0.29, 0.717) is 6.04 Å². The molecule has 0 aliphatic rings. The Morgan fingerprint density at radius 2 is 2.38 bits per heavy atom. The Morgan fingerprint density at radius 1 is 1.62 bits per heavy atom. The van der Waals surface area contributed by atoms with Crippen LogP contribution in [0, 0.1) is 0 Å². The third-order valence-electron chi connectivity index (χ3n) is 2.24. The maximum absolute atomic E-state index is 9.01. The number of thiophene rings is 1. The second-order valence-corrected chi connectivity index (χ2v) is 4.01. The van der Waals surface area contributed by atoms with Gasteiger partial charge in [0.25, 0.3) is 0 Å². The summed E-state index contributed by atoms with van der Waals surface area (Å²) < 4.78 is 0. The van der Waals surface area contributed by atoms with Gasteiger partial charge in [0.2, 0.25) is 0 Å². The van der Waals surface area contributed by atoms with E-state index in [1.165, 1.54) is 5.56 Å². The van der Waals surface area contributed by atoms with Gasteiger partial charge in [-0.25, -0.2) is 0 Å². The van der Waals surface area contributed by atoms with Crippen LogP contribution in [0.1, 0.15) is 31.9 Å². The quantitative estimate of drug-likeness (QED) is 0.761. The second kappa shape index (κ2) is 5.37. The van der Waals surface area contributed by atoms with Crippen molar-refractivity contribution in [2.45, 2.75) is 32.4 Å². The standard InChI is InChI=1S/C10H17NOS/c1-3-10(6-12)11-8(2)9-4-5-13-7-9/h4-5,7-8,10-12H,3,6H2,1-2H3/t8?,10-/m1/s1. The maximum atomic E-state index is 9.01. The van der Waals surface area contributed by atoms with Crippen molar-refractivity contribution in [2.24, 2.45) is 0 Å². The Hall–Kier alpha value is -0.380. The van der Waals surface area contributed by atoms with Crippen molar-refractivity contribution in [3.05, 3.63) is 22.4 Å². The van der Waals surface area contributed by atoms with Crippen LogP contribution in [-0.2, 0) is 0 Å². The molecule has 0 radical (unpaired) electrons. The van der Waals surface area contributed by atoms with Gasteiger partial charge in [0.1, 0.15) is 0 Å². The van der Waals surface area contributed by atoms with Gasteiger partial charge in [-0.05, 0) is 35.7 Å². The highest BCUT2D eigenvalue weighted by Crippen LogP contribution is 2.16. The Labute approximate surface area is 83.6 Å². The smallest absolute Gasteiger partial charge is 0.0584 e. The molecule has 0 saturated heterocycles. The predicted octanol–water partition coefficient (Wildman–Crippen LogP) is 2.17. The molecule has 13 heavy (non-hydrogen) atoms. The molecule has 0 aliphatic heterocycles. The van der Waals surface area contributed by atoms with Crippen molar-refractivity contribution < 1.29 is 5.11 Å². The van der Waals surface area contributed by atoms with Crippen molar-refractivity contribution in [3.63, 3.8) is 0 Å². The fourth-order valence-corrected chi connectivity index (χ4v) is 2.02. The minimum Gasteiger partial charge on any atom is -0.395 e. The molecular weight excluding hydrogens is 182 g/mol. The van der Waals surface area contributed by atoms with E-state index in [-0.39, 0.29) is 12.6 Å². The number of aliphatic hydroxyl groups excluding tert-OH is 1. The molecule has 1 heterocycles. The van der Waals surface area contributed by atoms with Crippen LogP contribution >= 0.6 is 11.3 Å².